The van der Waals surface area contributed by atoms with Gasteiger partial charge in [0.2, 0.25) is 5.88 Å². The van der Waals surface area contributed by atoms with Crippen LogP contribution in [0.1, 0.15) is 31.4 Å². The summed E-state index contributed by atoms with van der Waals surface area (Å²) in [5, 5.41) is 0. The monoisotopic (exact) mass is 318 g/mol. The second-order valence-electron chi connectivity index (χ2n) is 5.74. The number of aryl methyl sites for hydroxylation is 2. The Morgan fingerprint density at radius 2 is 1.75 bits per heavy atom. The Morgan fingerprint density at radius 3 is 2.50 bits per heavy atom. The van der Waals surface area contributed by atoms with Gasteiger partial charge in [0.15, 0.2) is 0 Å². The van der Waals surface area contributed by atoms with Gasteiger partial charge in [-0.25, -0.2) is 4.98 Å². The van der Waals surface area contributed by atoms with Crippen molar-refractivity contribution < 1.29 is 4.74 Å². The van der Waals surface area contributed by atoms with E-state index in [0.29, 0.717) is 5.88 Å². The molecule has 24 heavy (non-hydrogen) atoms. The number of nitrogens with zero attached hydrogens (tertiary/aromatic N) is 2. The first-order valence-corrected chi connectivity index (χ1v) is 8.47. The van der Waals surface area contributed by atoms with E-state index in [2.05, 4.69) is 35.9 Å². The summed E-state index contributed by atoms with van der Waals surface area (Å²) in [5.74, 6) is 1.42. The van der Waals surface area contributed by atoms with Gasteiger partial charge in [0.1, 0.15) is 5.75 Å². The fourth-order valence-corrected chi connectivity index (χ4v) is 2.78. The summed E-state index contributed by atoms with van der Waals surface area (Å²) >= 11 is 0. The van der Waals surface area contributed by atoms with Crippen LogP contribution in [0.25, 0.3) is 11.1 Å². The quantitative estimate of drug-likeness (QED) is 0.606. The number of aromatic nitrogens is 2. The second-order valence-corrected chi connectivity index (χ2v) is 5.74. The van der Waals surface area contributed by atoms with Crippen LogP contribution in [0.15, 0.2) is 61.1 Å². The van der Waals surface area contributed by atoms with Gasteiger partial charge < -0.3 is 4.74 Å². The van der Waals surface area contributed by atoms with E-state index < -0.39 is 0 Å². The Balaban J connectivity index is 1.92. The Labute approximate surface area is 143 Å². The summed E-state index contributed by atoms with van der Waals surface area (Å²) in [7, 11) is 0. The summed E-state index contributed by atoms with van der Waals surface area (Å²) in [6.45, 7) is 4.33. The molecule has 0 amide bonds. The summed E-state index contributed by atoms with van der Waals surface area (Å²) in [6, 6.07) is 14.3. The SMILES string of the molecule is CCCc1ccc(Oc2ncccc2-c2cnccc2CC)cc1. The van der Waals surface area contributed by atoms with Crippen LogP contribution < -0.4 is 4.74 Å². The van der Waals surface area contributed by atoms with E-state index in [1.165, 1.54) is 11.1 Å². The van der Waals surface area contributed by atoms with Crippen LogP contribution >= 0.6 is 0 Å². The normalized spacial score (nSPS) is 10.6. The third-order valence-electron chi connectivity index (χ3n) is 4.03. The van der Waals surface area contributed by atoms with Crippen molar-refractivity contribution in [3.8, 4) is 22.8 Å². The van der Waals surface area contributed by atoms with Crippen molar-refractivity contribution in [1.29, 1.82) is 0 Å². The lowest BCUT2D eigenvalue weighted by Gasteiger charge is -2.12. The maximum Gasteiger partial charge on any atom is 0.227 e. The number of ether oxygens (including phenoxy) is 1. The zero-order chi connectivity index (χ0) is 16.8. The highest BCUT2D eigenvalue weighted by atomic mass is 16.5. The average molecular weight is 318 g/mol. The van der Waals surface area contributed by atoms with Crippen molar-refractivity contribution in [1.82, 2.24) is 9.97 Å². The summed E-state index contributed by atoms with van der Waals surface area (Å²) < 4.78 is 6.06. The van der Waals surface area contributed by atoms with Gasteiger partial charge >= 0.3 is 0 Å². The number of benzene rings is 1. The molecule has 0 bridgehead atoms. The molecule has 3 nitrogen and oxygen atoms in total. The third-order valence-corrected chi connectivity index (χ3v) is 4.03. The first-order valence-electron chi connectivity index (χ1n) is 8.47. The van der Waals surface area contributed by atoms with Crippen molar-refractivity contribution >= 4 is 0 Å². The Morgan fingerprint density at radius 1 is 0.917 bits per heavy atom. The zero-order valence-corrected chi connectivity index (χ0v) is 14.2. The van der Waals surface area contributed by atoms with Crippen LogP contribution in [0, 0.1) is 0 Å². The summed E-state index contributed by atoms with van der Waals surface area (Å²) in [5.41, 5.74) is 4.61. The highest BCUT2D eigenvalue weighted by molar-refractivity contribution is 5.71. The van der Waals surface area contributed by atoms with Crippen LogP contribution in [-0.2, 0) is 12.8 Å². The number of hydrogen-bond acceptors (Lipinski definition) is 3. The van der Waals surface area contributed by atoms with E-state index in [0.717, 1.165) is 36.1 Å². The number of rotatable bonds is 6. The molecule has 2 aromatic heterocycles. The van der Waals surface area contributed by atoms with E-state index in [1.807, 2.05) is 42.7 Å². The van der Waals surface area contributed by atoms with Gasteiger partial charge in [-0.2, -0.15) is 0 Å². The van der Waals surface area contributed by atoms with Crippen molar-refractivity contribution in [2.45, 2.75) is 33.1 Å². The molecule has 2 heterocycles. The molecule has 0 fully saturated rings. The minimum absolute atomic E-state index is 0.614. The van der Waals surface area contributed by atoms with Crippen LogP contribution in [0.2, 0.25) is 0 Å². The fraction of sp³-hybridized carbons (Fsp3) is 0.238. The molecule has 3 heteroatoms. The standard InChI is InChI=1S/C21H22N2O/c1-3-6-16-8-10-18(11-9-16)24-21-19(7-5-13-23-21)20-15-22-14-12-17(20)4-2/h5,7-15H,3-4,6H2,1-2H3. The molecule has 1 aromatic carbocycles. The predicted octanol–water partition coefficient (Wildman–Crippen LogP) is 5.45. The minimum Gasteiger partial charge on any atom is -0.438 e. The molecule has 0 radical (unpaired) electrons. The molecule has 0 saturated heterocycles. The van der Waals surface area contributed by atoms with Gasteiger partial charge in [-0.15, -0.1) is 0 Å². The minimum atomic E-state index is 0.614. The molecule has 0 aliphatic rings. The van der Waals surface area contributed by atoms with E-state index in [1.54, 1.807) is 6.20 Å². The maximum absolute atomic E-state index is 6.06. The van der Waals surface area contributed by atoms with Crippen LogP contribution in [0.4, 0.5) is 0 Å². The van der Waals surface area contributed by atoms with E-state index >= 15 is 0 Å². The molecule has 0 unspecified atom stereocenters. The van der Waals surface area contributed by atoms with Crippen LogP contribution in [0.3, 0.4) is 0 Å². The predicted molar refractivity (Wildman–Crippen MR) is 97.4 cm³/mol. The largest absolute Gasteiger partial charge is 0.438 e. The first-order chi connectivity index (χ1) is 11.8. The number of hydrogen-bond donors (Lipinski definition) is 0. The molecule has 0 N–H and O–H groups in total. The van der Waals surface area contributed by atoms with Crippen molar-refractivity contribution in [2.75, 3.05) is 0 Å². The maximum atomic E-state index is 6.06. The molecule has 0 aliphatic heterocycles. The highest BCUT2D eigenvalue weighted by Crippen LogP contribution is 2.33. The molecule has 0 spiro atoms. The number of pyridine rings is 2. The summed E-state index contributed by atoms with van der Waals surface area (Å²) in [4.78, 5) is 8.70. The molecule has 0 aliphatic carbocycles. The molecular formula is C21H22N2O. The Hall–Kier alpha value is -2.68. The first kappa shape index (κ1) is 16.2. The van der Waals surface area contributed by atoms with E-state index in [9.17, 15) is 0 Å². The van der Waals surface area contributed by atoms with Gasteiger partial charge in [0.05, 0.1) is 0 Å². The Kier molecular flexibility index (Phi) is 5.22. The van der Waals surface area contributed by atoms with Gasteiger partial charge in [-0.1, -0.05) is 32.4 Å². The molecular weight excluding hydrogens is 296 g/mol. The van der Waals surface area contributed by atoms with Gasteiger partial charge in [-0.05, 0) is 54.3 Å². The fourth-order valence-electron chi connectivity index (χ4n) is 2.78. The lowest BCUT2D eigenvalue weighted by molar-refractivity contribution is 0.464. The topological polar surface area (TPSA) is 35.0 Å². The summed E-state index contributed by atoms with van der Waals surface area (Å²) in [6.07, 6.45) is 8.64. The Bertz CT molecular complexity index is 797. The van der Waals surface area contributed by atoms with Crippen molar-refractivity contribution in [3.05, 3.63) is 72.2 Å². The van der Waals surface area contributed by atoms with Gasteiger partial charge in [-0.3, -0.25) is 4.98 Å². The lowest BCUT2D eigenvalue weighted by atomic mass is 10.0. The van der Waals surface area contributed by atoms with Crippen molar-refractivity contribution in [2.24, 2.45) is 0 Å². The molecule has 122 valence electrons. The molecule has 0 saturated carbocycles. The zero-order valence-electron chi connectivity index (χ0n) is 14.2. The highest BCUT2D eigenvalue weighted by Gasteiger charge is 2.12. The lowest BCUT2D eigenvalue weighted by Crippen LogP contribution is -1.95. The van der Waals surface area contributed by atoms with Crippen LogP contribution in [-0.4, -0.2) is 9.97 Å². The molecule has 0 atom stereocenters. The van der Waals surface area contributed by atoms with Gasteiger partial charge in [0.25, 0.3) is 0 Å². The molecule has 3 rings (SSSR count). The smallest absolute Gasteiger partial charge is 0.227 e. The van der Waals surface area contributed by atoms with Gasteiger partial charge in [0, 0.05) is 29.7 Å². The van der Waals surface area contributed by atoms with E-state index in [-0.39, 0.29) is 0 Å². The average Bonchev–Trinajstić information content (AvgIpc) is 2.64. The molecule has 3 aromatic rings. The third kappa shape index (κ3) is 3.62. The van der Waals surface area contributed by atoms with E-state index in [4.69, 9.17) is 4.74 Å². The van der Waals surface area contributed by atoms with Crippen molar-refractivity contribution in [3.63, 3.8) is 0 Å². The second kappa shape index (κ2) is 7.73. The van der Waals surface area contributed by atoms with Crippen LogP contribution in [0.5, 0.6) is 11.6 Å².